The van der Waals surface area contributed by atoms with Crippen molar-refractivity contribution in [2.45, 2.75) is 44.2 Å². The number of carbonyl (C=O) groups is 1. The molecule has 0 aliphatic carbocycles. The molecule has 2 atom stereocenters. The maximum absolute atomic E-state index is 14.5. The summed E-state index contributed by atoms with van der Waals surface area (Å²) in [6, 6.07) is 2.42. The molecule has 1 amide bonds. The first-order valence-electron chi connectivity index (χ1n) is 9.64. The summed E-state index contributed by atoms with van der Waals surface area (Å²) < 4.78 is 38.5. The molecule has 0 radical (unpaired) electrons. The smallest absolute Gasteiger partial charge is 0.226 e. The molecule has 1 saturated heterocycles. The Morgan fingerprint density at radius 2 is 2.21 bits per heavy atom. The van der Waals surface area contributed by atoms with E-state index in [9.17, 15) is 13.6 Å². The third-order valence-electron chi connectivity index (χ3n) is 5.77. The number of rotatable bonds is 4. The normalized spacial score (nSPS) is 21.2. The van der Waals surface area contributed by atoms with E-state index in [1.807, 2.05) is 16.2 Å². The average Bonchev–Trinajstić information content (AvgIpc) is 3.21. The molecule has 1 fully saturated rings. The van der Waals surface area contributed by atoms with Gasteiger partial charge in [0, 0.05) is 43.1 Å². The number of imidazole rings is 1. The molecule has 3 heterocycles. The van der Waals surface area contributed by atoms with Gasteiger partial charge < -0.3 is 19.2 Å². The second-order valence-electron chi connectivity index (χ2n) is 7.66. The molecule has 2 aliphatic rings. The van der Waals surface area contributed by atoms with Crippen molar-refractivity contribution in [3.8, 4) is 0 Å². The fraction of sp³-hybridized carbons (Fsp3) is 0.500. The number of ether oxygens (including phenoxy) is 1. The highest BCUT2D eigenvalue weighted by Crippen LogP contribution is 2.37. The summed E-state index contributed by atoms with van der Waals surface area (Å²) in [5, 5.41) is 2.91. The maximum atomic E-state index is 14.5. The van der Waals surface area contributed by atoms with Crippen molar-refractivity contribution in [1.29, 1.82) is 0 Å². The van der Waals surface area contributed by atoms with Gasteiger partial charge in [-0.15, -0.1) is 0 Å². The van der Waals surface area contributed by atoms with Crippen LogP contribution >= 0.6 is 23.8 Å². The highest BCUT2D eigenvalue weighted by Gasteiger charge is 2.33. The number of nitrogens with one attached hydrogen (secondary N) is 1. The number of hydrogen-bond acceptors (Lipinski definition) is 3. The van der Waals surface area contributed by atoms with Gasteiger partial charge in [0.2, 0.25) is 5.91 Å². The number of benzene rings is 1. The molecule has 156 valence electrons. The van der Waals surface area contributed by atoms with E-state index in [-0.39, 0.29) is 29.0 Å². The first-order valence-corrected chi connectivity index (χ1v) is 10.4. The van der Waals surface area contributed by atoms with Gasteiger partial charge in [-0.25, -0.2) is 8.78 Å². The van der Waals surface area contributed by atoms with Crippen molar-refractivity contribution in [1.82, 2.24) is 14.5 Å². The summed E-state index contributed by atoms with van der Waals surface area (Å²) in [4.78, 5) is 12.6. The number of amides is 1. The summed E-state index contributed by atoms with van der Waals surface area (Å²) in [5.41, 5.74) is 1.60. The fourth-order valence-electron chi connectivity index (χ4n) is 4.31. The van der Waals surface area contributed by atoms with Gasteiger partial charge >= 0.3 is 0 Å². The van der Waals surface area contributed by atoms with Crippen LogP contribution in [0.15, 0.2) is 12.1 Å². The minimum atomic E-state index is -0.727. The Morgan fingerprint density at radius 1 is 1.41 bits per heavy atom. The van der Waals surface area contributed by atoms with Gasteiger partial charge in [-0.2, -0.15) is 0 Å². The Bertz CT molecular complexity index is 1010. The van der Waals surface area contributed by atoms with Gasteiger partial charge in [-0.05, 0) is 43.6 Å². The van der Waals surface area contributed by atoms with E-state index >= 15 is 0 Å². The Hall–Kier alpha value is -1.77. The van der Waals surface area contributed by atoms with Gasteiger partial charge in [-0.3, -0.25) is 4.79 Å². The van der Waals surface area contributed by atoms with Crippen LogP contribution in [0, 0.1) is 16.4 Å². The van der Waals surface area contributed by atoms with Crippen molar-refractivity contribution in [2.75, 3.05) is 13.2 Å². The summed E-state index contributed by atoms with van der Waals surface area (Å²) in [6.45, 7) is 1.60. The van der Waals surface area contributed by atoms with Gasteiger partial charge in [0.1, 0.15) is 11.6 Å². The summed E-state index contributed by atoms with van der Waals surface area (Å²) in [6.07, 6.45) is 2.38. The lowest BCUT2D eigenvalue weighted by Crippen LogP contribution is -2.41. The Balaban J connectivity index is 1.57. The maximum Gasteiger partial charge on any atom is 0.226 e. The van der Waals surface area contributed by atoms with Gasteiger partial charge in [-0.1, -0.05) is 11.6 Å². The number of nitrogens with zero attached hydrogens (tertiary/aromatic N) is 2. The molecule has 0 spiro atoms. The summed E-state index contributed by atoms with van der Waals surface area (Å²) in [7, 11) is 1.82. The second kappa shape index (κ2) is 8.16. The van der Waals surface area contributed by atoms with Crippen LogP contribution in [-0.2, 0) is 36.0 Å². The Kier molecular flexibility index (Phi) is 5.77. The largest absolute Gasteiger partial charge is 0.379 e. The predicted octanol–water partition coefficient (Wildman–Crippen LogP) is 3.67. The number of fused-ring (bicyclic) bond motifs is 1. The SMILES string of the molecule is Cn1c(CC(=O)N[C@@H]2CCCOC2)c2n(c1=S)C[C@H](c1c(F)ccc(Cl)c1F)C2. The molecule has 29 heavy (non-hydrogen) atoms. The number of aromatic nitrogens is 2. The van der Waals surface area contributed by atoms with Crippen LogP contribution in [0.25, 0.3) is 0 Å². The minimum Gasteiger partial charge on any atom is -0.379 e. The van der Waals surface area contributed by atoms with E-state index in [4.69, 9.17) is 28.6 Å². The van der Waals surface area contributed by atoms with Crippen molar-refractivity contribution in [3.05, 3.63) is 50.5 Å². The van der Waals surface area contributed by atoms with E-state index in [0.29, 0.717) is 24.3 Å². The Labute approximate surface area is 177 Å². The molecular weight excluding hydrogens is 420 g/mol. The van der Waals surface area contributed by atoms with Crippen LogP contribution in [0.5, 0.6) is 0 Å². The van der Waals surface area contributed by atoms with Crippen molar-refractivity contribution < 1.29 is 18.3 Å². The van der Waals surface area contributed by atoms with Gasteiger partial charge in [0.05, 0.1) is 24.1 Å². The number of carbonyl (C=O) groups excluding carboxylic acids is 1. The van der Waals surface area contributed by atoms with Crippen LogP contribution < -0.4 is 5.32 Å². The van der Waals surface area contributed by atoms with Crippen LogP contribution in [0.4, 0.5) is 8.78 Å². The van der Waals surface area contributed by atoms with E-state index in [2.05, 4.69) is 5.32 Å². The Morgan fingerprint density at radius 3 is 2.93 bits per heavy atom. The molecule has 0 saturated carbocycles. The lowest BCUT2D eigenvalue weighted by Gasteiger charge is -2.23. The topological polar surface area (TPSA) is 48.2 Å². The van der Waals surface area contributed by atoms with Crippen LogP contribution in [-0.4, -0.2) is 34.3 Å². The molecule has 9 heteroatoms. The molecule has 0 unspecified atom stereocenters. The second-order valence-corrected chi connectivity index (χ2v) is 8.43. The van der Waals surface area contributed by atoms with Crippen LogP contribution in [0.3, 0.4) is 0 Å². The van der Waals surface area contributed by atoms with Crippen molar-refractivity contribution in [2.24, 2.45) is 7.05 Å². The van der Waals surface area contributed by atoms with E-state index in [1.165, 1.54) is 12.1 Å². The molecule has 5 nitrogen and oxygen atoms in total. The molecule has 1 aromatic heterocycles. The highest BCUT2D eigenvalue weighted by molar-refractivity contribution is 7.71. The van der Waals surface area contributed by atoms with Crippen molar-refractivity contribution >= 4 is 29.7 Å². The average molecular weight is 442 g/mol. The number of hydrogen-bond donors (Lipinski definition) is 1. The first kappa shape index (κ1) is 20.5. The molecule has 1 aromatic carbocycles. The van der Waals surface area contributed by atoms with Gasteiger partial charge in [0.25, 0.3) is 0 Å². The molecule has 4 rings (SSSR count). The zero-order valence-corrected chi connectivity index (χ0v) is 17.6. The molecule has 0 bridgehead atoms. The summed E-state index contributed by atoms with van der Waals surface area (Å²) in [5.74, 6) is -1.87. The van der Waals surface area contributed by atoms with Crippen LogP contribution in [0.1, 0.15) is 35.7 Å². The minimum absolute atomic E-state index is 0.0163. The van der Waals surface area contributed by atoms with Gasteiger partial charge in [0.15, 0.2) is 4.77 Å². The van der Waals surface area contributed by atoms with E-state index in [1.54, 1.807) is 0 Å². The fourth-order valence-corrected chi connectivity index (χ4v) is 4.77. The zero-order chi connectivity index (χ0) is 20.7. The third kappa shape index (κ3) is 3.85. The lowest BCUT2D eigenvalue weighted by atomic mass is 9.95. The molecule has 2 aromatic rings. The highest BCUT2D eigenvalue weighted by atomic mass is 35.5. The van der Waals surface area contributed by atoms with Crippen LogP contribution in [0.2, 0.25) is 5.02 Å². The first-order chi connectivity index (χ1) is 13.9. The molecule has 1 N–H and O–H groups in total. The summed E-state index contributed by atoms with van der Waals surface area (Å²) >= 11 is 11.4. The molecule has 2 aliphatic heterocycles. The van der Waals surface area contributed by atoms with Crippen molar-refractivity contribution in [3.63, 3.8) is 0 Å². The number of halogens is 3. The van der Waals surface area contributed by atoms with E-state index < -0.39 is 17.6 Å². The zero-order valence-electron chi connectivity index (χ0n) is 16.0. The molecular formula is C20H22ClF2N3O2S. The third-order valence-corrected chi connectivity index (χ3v) is 6.55. The quantitative estimate of drug-likeness (QED) is 0.581. The lowest BCUT2D eigenvalue weighted by molar-refractivity contribution is -0.122. The standard InChI is InChI=1S/C20H22ClF2N3O2S/c1-25-15(8-17(27)24-12-3-2-6-28-10-12)16-7-11(9-26(16)20(25)29)18-14(22)5-4-13(21)19(18)23/h4-5,11-12H,2-3,6-10H2,1H3,(H,24,27)/t11-,12-/m1/s1. The van der Waals surface area contributed by atoms with E-state index in [0.717, 1.165) is 30.8 Å². The monoisotopic (exact) mass is 441 g/mol. The predicted molar refractivity (Wildman–Crippen MR) is 108 cm³/mol.